The number of benzene rings is 2. The fraction of sp³-hybridized carbons (Fsp3) is 0.188. The van der Waals surface area contributed by atoms with Gasteiger partial charge in [0.2, 0.25) is 0 Å². The van der Waals surface area contributed by atoms with Crippen molar-refractivity contribution in [1.29, 1.82) is 0 Å². The molecule has 1 unspecified atom stereocenters. The number of carbonyl (C=O) groups is 1. The molecule has 1 amide bonds. The van der Waals surface area contributed by atoms with Gasteiger partial charge in [0.1, 0.15) is 5.82 Å². The number of alkyl halides is 1. The summed E-state index contributed by atoms with van der Waals surface area (Å²) < 4.78 is 13.6. The molecule has 20 heavy (non-hydrogen) atoms. The van der Waals surface area contributed by atoms with Crippen molar-refractivity contribution in [1.82, 2.24) is 5.32 Å². The van der Waals surface area contributed by atoms with Crippen LogP contribution in [0, 0.1) is 5.82 Å². The molecule has 1 atom stereocenters. The van der Waals surface area contributed by atoms with Gasteiger partial charge in [-0.05, 0) is 24.6 Å². The summed E-state index contributed by atoms with van der Waals surface area (Å²) >= 11 is 6.01. The number of rotatable bonds is 4. The molecule has 0 aliphatic heterocycles. The normalized spacial score (nSPS) is 13.6. The molecule has 0 fully saturated rings. The SMILES string of the molecule is CC(CCl)(NC(=O)c1ccccc1F)c1ccccc1. The third-order valence-corrected chi connectivity index (χ3v) is 3.72. The number of halogens is 2. The summed E-state index contributed by atoms with van der Waals surface area (Å²) in [7, 11) is 0. The Morgan fingerprint density at radius 3 is 2.35 bits per heavy atom. The molecule has 0 saturated carbocycles. The van der Waals surface area contributed by atoms with Gasteiger partial charge >= 0.3 is 0 Å². The predicted octanol–water partition coefficient (Wildman–Crippen LogP) is 3.71. The zero-order chi connectivity index (χ0) is 14.6. The predicted molar refractivity (Wildman–Crippen MR) is 78.4 cm³/mol. The maximum Gasteiger partial charge on any atom is 0.254 e. The molecular weight excluding hydrogens is 277 g/mol. The van der Waals surface area contributed by atoms with Gasteiger partial charge in [-0.15, -0.1) is 11.6 Å². The van der Waals surface area contributed by atoms with Crippen molar-refractivity contribution in [2.45, 2.75) is 12.5 Å². The molecule has 2 rings (SSSR count). The van der Waals surface area contributed by atoms with E-state index in [4.69, 9.17) is 11.6 Å². The minimum Gasteiger partial charge on any atom is -0.341 e. The minimum absolute atomic E-state index is 0.0137. The van der Waals surface area contributed by atoms with Gasteiger partial charge in [0.05, 0.1) is 11.1 Å². The summed E-state index contributed by atoms with van der Waals surface area (Å²) in [5.74, 6) is -0.831. The Morgan fingerprint density at radius 2 is 1.75 bits per heavy atom. The number of nitrogens with one attached hydrogen (secondary N) is 1. The van der Waals surface area contributed by atoms with Crippen molar-refractivity contribution in [2.24, 2.45) is 0 Å². The van der Waals surface area contributed by atoms with Crippen molar-refractivity contribution in [3.63, 3.8) is 0 Å². The first-order valence-electron chi connectivity index (χ1n) is 6.25. The lowest BCUT2D eigenvalue weighted by Crippen LogP contribution is -2.45. The van der Waals surface area contributed by atoms with Crippen LogP contribution in [0.3, 0.4) is 0 Å². The van der Waals surface area contributed by atoms with Crippen LogP contribution in [0.15, 0.2) is 54.6 Å². The van der Waals surface area contributed by atoms with E-state index in [2.05, 4.69) is 5.32 Å². The smallest absolute Gasteiger partial charge is 0.254 e. The Morgan fingerprint density at radius 1 is 1.15 bits per heavy atom. The summed E-state index contributed by atoms with van der Waals surface area (Å²) in [6, 6.07) is 15.3. The molecule has 104 valence electrons. The van der Waals surface area contributed by atoms with E-state index < -0.39 is 17.3 Å². The lowest BCUT2D eigenvalue weighted by molar-refractivity contribution is 0.0909. The highest BCUT2D eigenvalue weighted by Gasteiger charge is 2.28. The van der Waals surface area contributed by atoms with Gasteiger partial charge in [0.25, 0.3) is 5.91 Å². The highest BCUT2D eigenvalue weighted by Crippen LogP contribution is 2.23. The van der Waals surface area contributed by atoms with E-state index in [9.17, 15) is 9.18 Å². The van der Waals surface area contributed by atoms with E-state index in [0.717, 1.165) is 5.56 Å². The van der Waals surface area contributed by atoms with Crippen LogP contribution < -0.4 is 5.32 Å². The fourth-order valence-electron chi connectivity index (χ4n) is 1.95. The average molecular weight is 292 g/mol. The molecule has 0 aliphatic carbocycles. The first-order chi connectivity index (χ1) is 9.57. The van der Waals surface area contributed by atoms with E-state index in [1.54, 1.807) is 12.1 Å². The number of amides is 1. The van der Waals surface area contributed by atoms with Crippen LogP contribution in [0.5, 0.6) is 0 Å². The molecule has 0 bridgehead atoms. The highest BCUT2D eigenvalue weighted by molar-refractivity contribution is 6.19. The molecule has 0 spiro atoms. The molecular formula is C16H15ClFNO. The van der Waals surface area contributed by atoms with Crippen LogP contribution in [0.25, 0.3) is 0 Å². The van der Waals surface area contributed by atoms with Crippen LogP contribution in [0.4, 0.5) is 4.39 Å². The lowest BCUT2D eigenvalue weighted by Gasteiger charge is -2.29. The van der Waals surface area contributed by atoms with Gasteiger partial charge in [-0.1, -0.05) is 42.5 Å². The van der Waals surface area contributed by atoms with E-state index in [-0.39, 0.29) is 11.4 Å². The highest BCUT2D eigenvalue weighted by atomic mass is 35.5. The summed E-state index contributed by atoms with van der Waals surface area (Å²) in [6.07, 6.45) is 0. The molecule has 0 saturated heterocycles. The Hall–Kier alpha value is -1.87. The monoisotopic (exact) mass is 291 g/mol. The maximum absolute atomic E-state index is 13.6. The standard InChI is InChI=1S/C16H15ClFNO/c1-16(11-17,12-7-3-2-4-8-12)19-15(20)13-9-5-6-10-14(13)18/h2-10H,11H2,1H3,(H,19,20). The molecule has 0 heterocycles. The van der Waals surface area contributed by atoms with Crippen LogP contribution in [-0.2, 0) is 5.54 Å². The van der Waals surface area contributed by atoms with E-state index in [1.165, 1.54) is 12.1 Å². The molecule has 0 aromatic heterocycles. The fourth-order valence-corrected chi connectivity index (χ4v) is 2.17. The third-order valence-electron chi connectivity index (χ3n) is 3.19. The first-order valence-corrected chi connectivity index (χ1v) is 6.79. The van der Waals surface area contributed by atoms with Crippen molar-refractivity contribution in [2.75, 3.05) is 5.88 Å². The topological polar surface area (TPSA) is 29.1 Å². The van der Waals surface area contributed by atoms with E-state index >= 15 is 0 Å². The van der Waals surface area contributed by atoms with Crippen LogP contribution in [0.2, 0.25) is 0 Å². The van der Waals surface area contributed by atoms with E-state index in [0.29, 0.717) is 0 Å². The average Bonchev–Trinajstić information content (AvgIpc) is 2.48. The number of hydrogen-bond acceptors (Lipinski definition) is 1. The summed E-state index contributed by atoms with van der Waals surface area (Å²) in [4.78, 5) is 12.2. The van der Waals surface area contributed by atoms with Gasteiger partial charge in [0.15, 0.2) is 0 Å². The summed E-state index contributed by atoms with van der Waals surface area (Å²) in [5, 5.41) is 2.81. The molecule has 4 heteroatoms. The number of hydrogen-bond donors (Lipinski definition) is 1. The molecule has 2 aromatic carbocycles. The Bertz CT molecular complexity index is 602. The second-order valence-electron chi connectivity index (χ2n) is 4.77. The van der Waals surface area contributed by atoms with Crippen molar-refractivity contribution in [3.05, 3.63) is 71.5 Å². The molecule has 0 radical (unpaired) electrons. The molecule has 2 aromatic rings. The summed E-state index contributed by atoms with van der Waals surface area (Å²) in [5.41, 5.74) is 0.141. The van der Waals surface area contributed by atoms with E-state index in [1.807, 2.05) is 37.3 Å². The quantitative estimate of drug-likeness (QED) is 0.855. The Labute approximate surface area is 122 Å². The Balaban J connectivity index is 2.27. The van der Waals surface area contributed by atoms with Crippen molar-refractivity contribution >= 4 is 17.5 Å². The van der Waals surface area contributed by atoms with Gasteiger partial charge in [-0.2, -0.15) is 0 Å². The zero-order valence-corrected chi connectivity index (χ0v) is 11.8. The molecule has 1 N–H and O–H groups in total. The van der Waals surface area contributed by atoms with Gasteiger partial charge in [-0.25, -0.2) is 4.39 Å². The largest absolute Gasteiger partial charge is 0.341 e. The number of carbonyl (C=O) groups excluding carboxylic acids is 1. The second-order valence-corrected chi connectivity index (χ2v) is 5.03. The molecule has 0 aliphatic rings. The zero-order valence-electron chi connectivity index (χ0n) is 11.1. The van der Waals surface area contributed by atoms with Crippen LogP contribution >= 0.6 is 11.6 Å². The third kappa shape index (κ3) is 2.99. The summed E-state index contributed by atoms with van der Waals surface area (Å²) in [6.45, 7) is 1.81. The Kier molecular flexibility index (Phi) is 4.40. The van der Waals surface area contributed by atoms with Crippen LogP contribution in [0.1, 0.15) is 22.8 Å². The minimum atomic E-state index is -0.748. The van der Waals surface area contributed by atoms with Crippen molar-refractivity contribution in [3.8, 4) is 0 Å². The second kappa shape index (κ2) is 6.06. The van der Waals surface area contributed by atoms with Gasteiger partial charge in [-0.3, -0.25) is 4.79 Å². The molecule has 2 nitrogen and oxygen atoms in total. The van der Waals surface area contributed by atoms with Gasteiger partial charge in [0, 0.05) is 5.88 Å². The lowest BCUT2D eigenvalue weighted by atomic mass is 9.93. The first kappa shape index (κ1) is 14.5. The van der Waals surface area contributed by atoms with Gasteiger partial charge < -0.3 is 5.32 Å². The van der Waals surface area contributed by atoms with Crippen LogP contribution in [-0.4, -0.2) is 11.8 Å². The maximum atomic E-state index is 13.6. The van der Waals surface area contributed by atoms with Crippen molar-refractivity contribution < 1.29 is 9.18 Å².